The van der Waals surface area contributed by atoms with E-state index in [0.29, 0.717) is 16.3 Å². The zero-order valence-corrected chi connectivity index (χ0v) is 14.5. The number of anilines is 1. The number of hydrogen-bond donors (Lipinski definition) is 2. The molecule has 2 aromatic carbocycles. The molecule has 0 saturated carbocycles. The van der Waals surface area contributed by atoms with Gasteiger partial charge in [0.1, 0.15) is 0 Å². The van der Waals surface area contributed by atoms with Crippen LogP contribution in [0.3, 0.4) is 0 Å². The highest BCUT2D eigenvalue weighted by Gasteiger charge is 2.10. The van der Waals surface area contributed by atoms with Gasteiger partial charge in [-0.05, 0) is 12.1 Å². The van der Waals surface area contributed by atoms with Crippen molar-refractivity contribution in [2.24, 2.45) is 0 Å². The number of benzene rings is 2. The molecule has 0 aliphatic carbocycles. The zero-order chi connectivity index (χ0) is 17.6. The molecule has 3 aromatic rings. The van der Waals surface area contributed by atoms with Crippen LogP contribution in [0.1, 0.15) is 0 Å². The van der Waals surface area contributed by atoms with Gasteiger partial charge in [-0.25, -0.2) is 0 Å². The largest absolute Gasteiger partial charge is 0.324 e. The summed E-state index contributed by atoms with van der Waals surface area (Å²) in [5, 5.41) is 11.4. The molecule has 0 fully saturated rings. The molecule has 0 saturated heterocycles. The monoisotopic (exact) mass is 372 g/mol. The van der Waals surface area contributed by atoms with Crippen LogP contribution in [0.4, 0.5) is 5.69 Å². The Labute approximate surface area is 152 Å². The lowest BCUT2D eigenvalue weighted by Crippen LogP contribution is -2.17. The molecule has 1 aromatic heterocycles. The average Bonchev–Trinajstić information content (AvgIpc) is 2.63. The Hall–Kier alpha value is -2.64. The number of rotatable bonds is 5. The summed E-state index contributed by atoms with van der Waals surface area (Å²) in [7, 11) is 0. The molecule has 2 N–H and O–H groups in total. The van der Waals surface area contributed by atoms with Gasteiger partial charge in [0.05, 0.1) is 16.5 Å². The van der Waals surface area contributed by atoms with Crippen molar-refractivity contribution in [3.63, 3.8) is 0 Å². The first-order chi connectivity index (χ1) is 12.1. The van der Waals surface area contributed by atoms with E-state index >= 15 is 0 Å². The maximum Gasteiger partial charge on any atom is 0.278 e. The van der Waals surface area contributed by atoms with Gasteiger partial charge in [0.2, 0.25) is 5.91 Å². The summed E-state index contributed by atoms with van der Waals surface area (Å²) in [5.74, 6) is -0.187. The van der Waals surface area contributed by atoms with Crippen molar-refractivity contribution < 1.29 is 4.79 Å². The van der Waals surface area contributed by atoms with Crippen molar-refractivity contribution in [3.05, 3.63) is 70.0 Å². The minimum absolute atomic E-state index is 0.0700. The summed E-state index contributed by atoms with van der Waals surface area (Å²) in [4.78, 5) is 26.7. The van der Waals surface area contributed by atoms with Gasteiger partial charge < -0.3 is 5.32 Å². The second kappa shape index (κ2) is 7.96. The third-order valence-electron chi connectivity index (χ3n) is 3.21. The van der Waals surface area contributed by atoms with Crippen molar-refractivity contribution in [1.82, 2.24) is 15.2 Å². The van der Waals surface area contributed by atoms with Gasteiger partial charge in [-0.2, -0.15) is 0 Å². The molecule has 0 bridgehead atoms. The van der Waals surface area contributed by atoms with E-state index < -0.39 is 0 Å². The zero-order valence-electron chi connectivity index (χ0n) is 12.9. The molecule has 1 amide bonds. The second-order valence-electron chi connectivity index (χ2n) is 4.99. The van der Waals surface area contributed by atoms with Crippen molar-refractivity contribution in [2.45, 2.75) is 5.16 Å². The molecule has 126 valence electrons. The summed E-state index contributed by atoms with van der Waals surface area (Å²) in [6, 6.07) is 16.0. The van der Waals surface area contributed by atoms with Gasteiger partial charge in [-0.15, -0.1) is 10.2 Å². The van der Waals surface area contributed by atoms with E-state index in [9.17, 15) is 9.59 Å². The SMILES string of the molecule is O=C(CSc1nnc(-c2ccccc2)c(=O)[nH]1)Nc1ccccc1Cl. The van der Waals surface area contributed by atoms with Crippen LogP contribution < -0.4 is 10.9 Å². The van der Waals surface area contributed by atoms with Crippen molar-refractivity contribution in [2.75, 3.05) is 11.1 Å². The van der Waals surface area contributed by atoms with Gasteiger partial charge in [0.15, 0.2) is 10.9 Å². The van der Waals surface area contributed by atoms with E-state index in [1.54, 1.807) is 36.4 Å². The fraction of sp³-hybridized carbons (Fsp3) is 0.0588. The minimum atomic E-state index is -0.352. The number of nitrogens with one attached hydrogen (secondary N) is 2. The predicted molar refractivity (Wildman–Crippen MR) is 98.9 cm³/mol. The lowest BCUT2D eigenvalue weighted by Gasteiger charge is -2.06. The Bertz CT molecular complexity index is 947. The summed E-state index contributed by atoms with van der Waals surface area (Å²) < 4.78 is 0. The number of carbonyl (C=O) groups is 1. The molecule has 0 aliphatic rings. The molecule has 3 rings (SSSR count). The quantitative estimate of drug-likeness (QED) is 0.671. The molecule has 1 heterocycles. The molecular formula is C17H13ClN4O2S. The van der Waals surface area contributed by atoms with Gasteiger partial charge >= 0.3 is 0 Å². The first-order valence-electron chi connectivity index (χ1n) is 7.33. The third-order valence-corrected chi connectivity index (χ3v) is 4.40. The van der Waals surface area contributed by atoms with Crippen LogP contribution in [-0.2, 0) is 4.79 Å². The summed E-state index contributed by atoms with van der Waals surface area (Å²) >= 11 is 7.08. The number of para-hydroxylation sites is 1. The standard InChI is InChI=1S/C17H13ClN4O2S/c18-12-8-4-5-9-13(12)19-14(23)10-25-17-20-16(24)15(21-22-17)11-6-2-1-3-7-11/h1-9H,10H2,(H,19,23)(H,20,22,24). The molecular weight excluding hydrogens is 360 g/mol. The third kappa shape index (κ3) is 4.46. The van der Waals surface area contributed by atoms with Gasteiger partial charge in [-0.1, -0.05) is 65.8 Å². The summed E-state index contributed by atoms with van der Waals surface area (Å²) in [6.07, 6.45) is 0. The average molecular weight is 373 g/mol. The number of halogens is 1. The fourth-order valence-electron chi connectivity index (χ4n) is 2.05. The molecule has 0 aliphatic heterocycles. The molecule has 0 unspecified atom stereocenters. The highest BCUT2D eigenvalue weighted by molar-refractivity contribution is 7.99. The number of nitrogens with zero attached hydrogens (tertiary/aromatic N) is 2. The number of aromatic nitrogens is 3. The van der Waals surface area contributed by atoms with E-state index in [2.05, 4.69) is 20.5 Å². The van der Waals surface area contributed by atoms with E-state index in [-0.39, 0.29) is 28.1 Å². The van der Waals surface area contributed by atoms with Crippen LogP contribution in [0.25, 0.3) is 11.3 Å². The van der Waals surface area contributed by atoms with Crippen LogP contribution in [0, 0.1) is 0 Å². The van der Waals surface area contributed by atoms with Crippen LogP contribution >= 0.6 is 23.4 Å². The lowest BCUT2D eigenvalue weighted by molar-refractivity contribution is -0.113. The molecule has 0 spiro atoms. The van der Waals surface area contributed by atoms with Crippen LogP contribution in [0.5, 0.6) is 0 Å². The fourth-order valence-corrected chi connectivity index (χ4v) is 2.84. The molecule has 0 radical (unpaired) electrons. The van der Waals surface area contributed by atoms with E-state index in [1.165, 1.54) is 0 Å². The van der Waals surface area contributed by atoms with E-state index in [0.717, 1.165) is 11.8 Å². The Kier molecular flexibility index (Phi) is 5.47. The second-order valence-corrected chi connectivity index (χ2v) is 6.36. The van der Waals surface area contributed by atoms with Crippen LogP contribution in [-0.4, -0.2) is 26.8 Å². The number of thioether (sulfide) groups is 1. The summed E-state index contributed by atoms with van der Waals surface area (Å²) in [6.45, 7) is 0. The Balaban J connectivity index is 1.64. The van der Waals surface area contributed by atoms with Gasteiger partial charge in [0.25, 0.3) is 5.56 Å². The first kappa shape index (κ1) is 17.2. The van der Waals surface area contributed by atoms with E-state index in [4.69, 9.17) is 11.6 Å². The smallest absolute Gasteiger partial charge is 0.278 e. The number of amides is 1. The normalized spacial score (nSPS) is 10.4. The molecule has 8 heteroatoms. The van der Waals surface area contributed by atoms with Crippen molar-refractivity contribution in [1.29, 1.82) is 0 Å². The molecule has 6 nitrogen and oxygen atoms in total. The number of aromatic amines is 1. The number of carbonyl (C=O) groups excluding carboxylic acids is 1. The Morgan fingerprint density at radius 3 is 2.52 bits per heavy atom. The van der Waals surface area contributed by atoms with E-state index in [1.807, 2.05) is 18.2 Å². The Morgan fingerprint density at radius 2 is 1.80 bits per heavy atom. The highest BCUT2D eigenvalue weighted by atomic mass is 35.5. The molecule has 25 heavy (non-hydrogen) atoms. The topological polar surface area (TPSA) is 87.7 Å². The van der Waals surface area contributed by atoms with Gasteiger partial charge in [-0.3, -0.25) is 14.6 Å². The molecule has 0 atom stereocenters. The maximum absolute atomic E-state index is 12.1. The highest BCUT2D eigenvalue weighted by Crippen LogP contribution is 2.21. The number of hydrogen-bond acceptors (Lipinski definition) is 5. The lowest BCUT2D eigenvalue weighted by atomic mass is 10.2. The van der Waals surface area contributed by atoms with Gasteiger partial charge in [0, 0.05) is 5.56 Å². The number of H-pyrrole nitrogens is 1. The predicted octanol–water partition coefficient (Wildman–Crippen LogP) is 3.22. The maximum atomic E-state index is 12.1. The van der Waals surface area contributed by atoms with Crippen LogP contribution in [0.2, 0.25) is 5.02 Å². The van der Waals surface area contributed by atoms with Crippen molar-refractivity contribution in [3.8, 4) is 11.3 Å². The Morgan fingerprint density at radius 1 is 1.08 bits per heavy atom. The van der Waals surface area contributed by atoms with Crippen molar-refractivity contribution >= 4 is 35.0 Å². The summed E-state index contributed by atoms with van der Waals surface area (Å²) in [5.41, 5.74) is 1.11. The first-order valence-corrected chi connectivity index (χ1v) is 8.69. The minimum Gasteiger partial charge on any atom is -0.324 e. The van der Waals surface area contributed by atoms with Crippen LogP contribution in [0.15, 0.2) is 64.5 Å².